The Hall–Kier alpha value is -2.62. The summed E-state index contributed by atoms with van der Waals surface area (Å²) in [7, 11) is 0. The second kappa shape index (κ2) is 7.73. The number of carbonyl (C=O) groups excluding carboxylic acids is 2. The van der Waals surface area contributed by atoms with E-state index in [4.69, 9.17) is 0 Å². The molecule has 1 aliphatic carbocycles. The van der Waals surface area contributed by atoms with Gasteiger partial charge in [0.25, 0.3) is 0 Å². The number of hydrogen-bond acceptors (Lipinski definition) is 2. The van der Waals surface area contributed by atoms with E-state index in [0.29, 0.717) is 19.5 Å². The molecule has 1 fully saturated rings. The maximum absolute atomic E-state index is 12.8. The molecule has 0 aromatic heterocycles. The predicted octanol–water partition coefficient (Wildman–Crippen LogP) is 3.61. The molecule has 1 aliphatic rings. The van der Waals surface area contributed by atoms with Crippen LogP contribution in [0.3, 0.4) is 0 Å². The Morgan fingerprint density at radius 2 is 1.73 bits per heavy atom. The van der Waals surface area contributed by atoms with Gasteiger partial charge in [-0.05, 0) is 50.5 Å². The zero-order chi connectivity index (χ0) is 18.7. The molecular formula is C22H26N2O2. The molecule has 26 heavy (non-hydrogen) atoms. The van der Waals surface area contributed by atoms with Crippen LogP contribution in [0.2, 0.25) is 0 Å². The van der Waals surface area contributed by atoms with Crippen LogP contribution in [-0.4, -0.2) is 18.4 Å². The van der Waals surface area contributed by atoms with Crippen LogP contribution < -0.4 is 10.2 Å². The van der Waals surface area contributed by atoms with E-state index >= 15 is 0 Å². The van der Waals surface area contributed by atoms with Crippen molar-refractivity contribution in [3.8, 4) is 0 Å². The lowest BCUT2D eigenvalue weighted by atomic mass is 10.1. The molecule has 0 spiro atoms. The maximum atomic E-state index is 12.8. The number of nitrogens with one attached hydrogen (secondary N) is 1. The van der Waals surface area contributed by atoms with Crippen molar-refractivity contribution in [2.75, 3.05) is 11.4 Å². The number of aryl methyl sites for hydroxylation is 2. The highest BCUT2D eigenvalue weighted by Crippen LogP contribution is 2.41. The summed E-state index contributed by atoms with van der Waals surface area (Å²) in [6.07, 6.45) is 0.640. The maximum Gasteiger partial charge on any atom is 0.230 e. The van der Waals surface area contributed by atoms with Crippen molar-refractivity contribution in [1.29, 1.82) is 0 Å². The zero-order valence-electron chi connectivity index (χ0n) is 15.7. The minimum atomic E-state index is -0.203. The standard InChI is InChI=1S/C22H26N2O2/c1-4-24(18-10-6-8-16(3)12-18)22(26)20-13-19(20)21(25)23-14-17-9-5-7-15(2)11-17/h5-12,19-20H,4,13-14H2,1-3H3,(H,23,25). The number of benzene rings is 2. The Morgan fingerprint density at radius 3 is 2.38 bits per heavy atom. The summed E-state index contributed by atoms with van der Waals surface area (Å²) >= 11 is 0. The summed E-state index contributed by atoms with van der Waals surface area (Å²) < 4.78 is 0. The van der Waals surface area contributed by atoms with Crippen molar-refractivity contribution in [3.05, 3.63) is 65.2 Å². The first-order valence-corrected chi connectivity index (χ1v) is 9.21. The van der Waals surface area contributed by atoms with Gasteiger partial charge in [0.15, 0.2) is 0 Å². The van der Waals surface area contributed by atoms with Crippen LogP contribution in [-0.2, 0) is 16.1 Å². The molecule has 0 saturated heterocycles. The van der Waals surface area contributed by atoms with Gasteiger partial charge in [0.05, 0.1) is 11.8 Å². The number of anilines is 1. The molecule has 4 heteroatoms. The molecule has 1 N–H and O–H groups in total. The van der Waals surface area contributed by atoms with E-state index in [9.17, 15) is 9.59 Å². The van der Waals surface area contributed by atoms with Crippen LogP contribution >= 0.6 is 0 Å². The largest absolute Gasteiger partial charge is 0.352 e. The Kier molecular flexibility index (Phi) is 5.40. The van der Waals surface area contributed by atoms with Crippen molar-refractivity contribution in [3.63, 3.8) is 0 Å². The molecule has 1 saturated carbocycles. The summed E-state index contributed by atoms with van der Waals surface area (Å²) in [5, 5.41) is 2.97. The van der Waals surface area contributed by atoms with E-state index in [1.165, 1.54) is 5.56 Å². The van der Waals surface area contributed by atoms with Crippen molar-refractivity contribution >= 4 is 17.5 Å². The fraction of sp³-hybridized carbons (Fsp3) is 0.364. The Morgan fingerprint density at radius 1 is 1.04 bits per heavy atom. The predicted molar refractivity (Wildman–Crippen MR) is 104 cm³/mol. The van der Waals surface area contributed by atoms with Crippen molar-refractivity contribution < 1.29 is 9.59 Å². The first kappa shape index (κ1) is 18.2. The molecule has 136 valence electrons. The SMILES string of the molecule is CCN(C(=O)C1CC1C(=O)NCc1cccc(C)c1)c1cccc(C)c1. The first-order valence-electron chi connectivity index (χ1n) is 9.21. The van der Waals surface area contributed by atoms with E-state index < -0.39 is 0 Å². The summed E-state index contributed by atoms with van der Waals surface area (Å²) in [4.78, 5) is 27.0. The van der Waals surface area contributed by atoms with E-state index in [1.807, 2.05) is 63.2 Å². The third kappa shape index (κ3) is 4.13. The fourth-order valence-corrected chi connectivity index (χ4v) is 3.36. The lowest BCUT2D eigenvalue weighted by molar-refractivity contribution is -0.126. The summed E-state index contributed by atoms with van der Waals surface area (Å²) in [6.45, 7) is 7.13. The smallest absolute Gasteiger partial charge is 0.230 e. The zero-order valence-corrected chi connectivity index (χ0v) is 15.7. The Balaban J connectivity index is 1.58. The van der Waals surface area contributed by atoms with E-state index in [0.717, 1.165) is 16.8 Å². The number of rotatable bonds is 6. The number of nitrogens with zero attached hydrogens (tertiary/aromatic N) is 1. The third-order valence-electron chi connectivity index (χ3n) is 4.89. The van der Waals surface area contributed by atoms with E-state index in [2.05, 4.69) is 11.4 Å². The minimum absolute atomic E-state index is 0.0230. The number of carbonyl (C=O) groups is 2. The normalized spacial score (nSPS) is 18.3. The molecule has 2 amide bonds. The first-order chi connectivity index (χ1) is 12.5. The van der Waals surface area contributed by atoms with E-state index in [1.54, 1.807) is 4.90 Å². The molecular weight excluding hydrogens is 324 g/mol. The van der Waals surface area contributed by atoms with Crippen LogP contribution in [0.15, 0.2) is 48.5 Å². The van der Waals surface area contributed by atoms with Gasteiger partial charge in [-0.25, -0.2) is 0 Å². The highest BCUT2D eigenvalue weighted by atomic mass is 16.2. The lowest BCUT2D eigenvalue weighted by Crippen LogP contribution is -2.34. The molecule has 0 aliphatic heterocycles. The van der Waals surface area contributed by atoms with Gasteiger partial charge < -0.3 is 10.2 Å². The van der Waals surface area contributed by atoms with Crippen molar-refractivity contribution in [1.82, 2.24) is 5.32 Å². The molecule has 0 radical (unpaired) electrons. The van der Waals surface area contributed by atoms with Gasteiger partial charge in [-0.1, -0.05) is 42.0 Å². The van der Waals surface area contributed by atoms with Gasteiger partial charge in [-0.2, -0.15) is 0 Å². The van der Waals surface area contributed by atoms with Crippen LogP contribution in [0, 0.1) is 25.7 Å². The molecule has 2 atom stereocenters. The van der Waals surface area contributed by atoms with Gasteiger partial charge in [0, 0.05) is 18.8 Å². The van der Waals surface area contributed by atoms with Crippen LogP contribution in [0.1, 0.15) is 30.0 Å². The average Bonchev–Trinajstić information content (AvgIpc) is 3.41. The molecule has 0 bridgehead atoms. The van der Waals surface area contributed by atoms with E-state index in [-0.39, 0.29) is 23.7 Å². The minimum Gasteiger partial charge on any atom is -0.352 e. The number of amides is 2. The van der Waals surface area contributed by atoms with Crippen LogP contribution in [0.4, 0.5) is 5.69 Å². The van der Waals surface area contributed by atoms with Gasteiger partial charge in [-0.3, -0.25) is 9.59 Å². The van der Waals surface area contributed by atoms with Gasteiger partial charge in [0.1, 0.15) is 0 Å². The van der Waals surface area contributed by atoms with Gasteiger partial charge in [0.2, 0.25) is 11.8 Å². The van der Waals surface area contributed by atoms with Crippen molar-refractivity contribution in [2.45, 2.75) is 33.7 Å². The average molecular weight is 350 g/mol. The van der Waals surface area contributed by atoms with Crippen LogP contribution in [0.25, 0.3) is 0 Å². The van der Waals surface area contributed by atoms with Gasteiger partial charge in [-0.15, -0.1) is 0 Å². The highest BCUT2D eigenvalue weighted by molar-refractivity contribution is 6.01. The third-order valence-corrected chi connectivity index (χ3v) is 4.89. The summed E-state index contributed by atoms with van der Waals surface area (Å²) in [6, 6.07) is 16.0. The molecule has 2 unspecified atom stereocenters. The molecule has 3 rings (SSSR count). The number of hydrogen-bond donors (Lipinski definition) is 1. The molecule has 2 aromatic rings. The van der Waals surface area contributed by atoms with Gasteiger partial charge >= 0.3 is 0 Å². The second-order valence-corrected chi connectivity index (χ2v) is 7.08. The quantitative estimate of drug-likeness (QED) is 0.865. The summed E-state index contributed by atoms with van der Waals surface area (Å²) in [5.74, 6) is -0.377. The van der Waals surface area contributed by atoms with Crippen molar-refractivity contribution in [2.24, 2.45) is 11.8 Å². The monoisotopic (exact) mass is 350 g/mol. The highest BCUT2D eigenvalue weighted by Gasteiger charge is 2.49. The lowest BCUT2D eigenvalue weighted by Gasteiger charge is -2.21. The fourth-order valence-electron chi connectivity index (χ4n) is 3.36. The summed E-state index contributed by atoms with van der Waals surface area (Å²) in [5.41, 5.74) is 4.28. The molecule has 0 heterocycles. The topological polar surface area (TPSA) is 49.4 Å². The molecule has 2 aromatic carbocycles. The Bertz CT molecular complexity index is 815. The van der Waals surface area contributed by atoms with Crippen LogP contribution in [0.5, 0.6) is 0 Å². The molecule has 4 nitrogen and oxygen atoms in total. The second-order valence-electron chi connectivity index (χ2n) is 7.08. The Labute approximate surface area is 155 Å².